The van der Waals surface area contributed by atoms with Gasteiger partial charge >= 0.3 is 0 Å². The number of hydrogen-bond donors (Lipinski definition) is 1. The fraction of sp³-hybridized carbons (Fsp3) is 0.909. The first-order chi connectivity index (χ1) is 7.10. The van der Waals surface area contributed by atoms with Crippen LogP contribution in [0.3, 0.4) is 0 Å². The normalized spacial score (nSPS) is 33.7. The Bertz CT molecular complexity index is 253. The van der Waals surface area contributed by atoms with Gasteiger partial charge in [0.1, 0.15) is 0 Å². The topological polar surface area (TPSA) is 55.6 Å². The van der Waals surface area contributed by atoms with Crippen LogP contribution in [0.5, 0.6) is 0 Å². The van der Waals surface area contributed by atoms with Gasteiger partial charge in [-0.2, -0.15) is 0 Å². The smallest absolute Gasteiger partial charge is 0.250 e. The highest BCUT2D eigenvalue weighted by Gasteiger charge is 2.38. The molecule has 1 saturated heterocycles. The molecule has 15 heavy (non-hydrogen) atoms. The fourth-order valence-corrected chi connectivity index (χ4v) is 2.30. The molecular formula is C11H20N2O2. The number of carbonyl (C=O) groups is 1. The van der Waals surface area contributed by atoms with Crippen molar-refractivity contribution >= 4 is 5.91 Å². The van der Waals surface area contributed by atoms with E-state index in [0.717, 1.165) is 19.0 Å². The minimum atomic E-state index is -0.776. The highest BCUT2D eigenvalue weighted by Crippen LogP contribution is 2.28. The Morgan fingerprint density at radius 3 is 2.87 bits per heavy atom. The van der Waals surface area contributed by atoms with Crippen molar-refractivity contribution in [1.82, 2.24) is 4.90 Å². The van der Waals surface area contributed by atoms with Crippen LogP contribution < -0.4 is 5.73 Å². The number of primary amides is 1. The van der Waals surface area contributed by atoms with Gasteiger partial charge in [0.15, 0.2) is 5.60 Å². The quantitative estimate of drug-likeness (QED) is 0.735. The molecule has 4 nitrogen and oxygen atoms in total. The Balaban J connectivity index is 1.88. The molecule has 0 bridgehead atoms. The second kappa shape index (κ2) is 4.10. The number of morpholine rings is 1. The molecule has 1 amide bonds. The summed E-state index contributed by atoms with van der Waals surface area (Å²) >= 11 is 0. The van der Waals surface area contributed by atoms with Crippen LogP contribution in [-0.4, -0.2) is 42.6 Å². The maximum absolute atomic E-state index is 11.3. The Morgan fingerprint density at radius 1 is 1.60 bits per heavy atom. The summed E-state index contributed by atoms with van der Waals surface area (Å²) in [6.45, 7) is 5.10. The molecule has 4 heteroatoms. The first-order valence-corrected chi connectivity index (χ1v) is 5.76. The van der Waals surface area contributed by atoms with E-state index >= 15 is 0 Å². The predicted molar refractivity (Wildman–Crippen MR) is 57.3 cm³/mol. The van der Waals surface area contributed by atoms with E-state index < -0.39 is 5.60 Å². The molecule has 2 fully saturated rings. The SMILES string of the molecule is C[C@]1(C(N)=O)CN(CC2CCC2)CCO1. The van der Waals surface area contributed by atoms with E-state index in [2.05, 4.69) is 4.90 Å². The molecule has 0 spiro atoms. The van der Waals surface area contributed by atoms with E-state index in [1.807, 2.05) is 0 Å². The Labute approximate surface area is 90.8 Å². The monoisotopic (exact) mass is 212 g/mol. The number of carbonyl (C=O) groups excluding carboxylic acids is 1. The average molecular weight is 212 g/mol. The van der Waals surface area contributed by atoms with Crippen molar-refractivity contribution in [2.75, 3.05) is 26.2 Å². The number of rotatable bonds is 3. The lowest BCUT2D eigenvalue weighted by Gasteiger charge is -2.41. The predicted octanol–water partition coefficient (Wildman–Crippen LogP) is 0.363. The van der Waals surface area contributed by atoms with E-state index in [0.29, 0.717) is 13.2 Å². The molecule has 1 aliphatic carbocycles. The molecule has 1 saturated carbocycles. The lowest BCUT2D eigenvalue weighted by atomic mass is 9.84. The minimum Gasteiger partial charge on any atom is -0.367 e. The molecule has 0 radical (unpaired) electrons. The maximum atomic E-state index is 11.3. The van der Waals surface area contributed by atoms with Crippen molar-refractivity contribution in [3.05, 3.63) is 0 Å². The third-order valence-electron chi connectivity index (χ3n) is 3.62. The molecule has 1 heterocycles. The molecule has 2 N–H and O–H groups in total. The summed E-state index contributed by atoms with van der Waals surface area (Å²) in [5, 5.41) is 0. The summed E-state index contributed by atoms with van der Waals surface area (Å²) in [5.41, 5.74) is 4.57. The molecule has 1 atom stereocenters. The molecule has 2 aliphatic rings. The van der Waals surface area contributed by atoms with Crippen molar-refractivity contribution in [2.24, 2.45) is 11.7 Å². The van der Waals surface area contributed by atoms with Crippen molar-refractivity contribution in [3.63, 3.8) is 0 Å². The minimum absolute atomic E-state index is 0.346. The van der Waals surface area contributed by atoms with Crippen LogP contribution in [0.25, 0.3) is 0 Å². The number of hydrogen-bond acceptors (Lipinski definition) is 3. The van der Waals surface area contributed by atoms with Gasteiger partial charge in [-0.1, -0.05) is 6.42 Å². The maximum Gasteiger partial charge on any atom is 0.250 e. The average Bonchev–Trinajstić information content (AvgIpc) is 2.12. The lowest BCUT2D eigenvalue weighted by molar-refractivity contribution is -0.154. The molecular weight excluding hydrogens is 192 g/mol. The van der Waals surface area contributed by atoms with Crippen LogP contribution in [-0.2, 0) is 9.53 Å². The third kappa shape index (κ3) is 2.32. The Morgan fingerprint density at radius 2 is 2.33 bits per heavy atom. The lowest BCUT2D eigenvalue weighted by Crippen LogP contribution is -2.57. The second-order valence-corrected chi connectivity index (χ2v) is 4.98. The zero-order valence-electron chi connectivity index (χ0n) is 9.37. The first-order valence-electron chi connectivity index (χ1n) is 5.76. The van der Waals surface area contributed by atoms with Gasteiger partial charge < -0.3 is 10.5 Å². The second-order valence-electron chi connectivity index (χ2n) is 4.98. The van der Waals surface area contributed by atoms with Crippen molar-refractivity contribution in [1.29, 1.82) is 0 Å². The van der Waals surface area contributed by atoms with E-state index in [9.17, 15) is 4.79 Å². The van der Waals surface area contributed by atoms with Gasteiger partial charge in [0.05, 0.1) is 6.61 Å². The standard InChI is InChI=1S/C11H20N2O2/c1-11(10(12)14)8-13(5-6-15-11)7-9-3-2-4-9/h9H,2-8H2,1H3,(H2,12,14)/t11-/m1/s1. The van der Waals surface area contributed by atoms with Crippen LogP contribution in [0.15, 0.2) is 0 Å². The zero-order valence-corrected chi connectivity index (χ0v) is 9.37. The van der Waals surface area contributed by atoms with Crippen LogP contribution in [0.2, 0.25) is 0 Å². The van der Waals surface area contributed by atoms with E-state index in [1.54, 1.807) is 6.92 Å². The van der Waals surface area contributed by atoms with Crippen LogP contribution >= 0.6 is 0 Å². The molecule has 0 aromatic rings. The highest BCUT2D eigenvalue weighted by molar-refractivity contribution is 5.83. The highest BCUT2D eigenvalue weighted by atomic mass is 16.5. The molecule has 0 aromatic carbocycles. The van der Waals surface area contributed by atoms with Crippen LogP contribution in [0, 0.1) is 5.92 Å². The number of nitrogens with zero attached hydrogens (tertiary/aromatic N) is 1. The van der Waals surface area contributed by atoms with E-state index in [-0.39, 0.29) is 5.91 Å². The van der Waals surface area contributed by atoms with Crippen molar-refractivity contribution in [3.8, 4) is 0 Å². The van der Waals surface area contributed by atoms with E-state index in [4.69, 9.17) is 10.5 Å². The van der Waals surface area contributed by atoms with Gasteiger partial charge in [-0.15, -0.1) is 0 Å². The molecule has 86 valence electrons. The molecule has 2 rings (SSSR count). The largest absolute Gasteiger partial charge is 0.367 e. The summed E-state index contributed by atoms with van der Waals surface area (Å²) in [7, 11) is 0. The van der Waals surface area contributed by atoms with Crippen LogP contribution in [0.1, 0.15) is 26.2 Å². The van der Waals surface area contributed by atoms with Gasteiger partial charge in [0, 0.05) is 19.6 Å². The Kier molecular flexibility index (Phi) is 2.98. The van der Waals surface area contributed by atoms with Crippen molar-refractivity contribution in [2.45, 2.75) is 31.8 Å². The molecule has 0 unspecified atom stereocenters. The van der Waals surface area contributed by atoms with Gasteiger partial charge in [0.25, 0.3) is 5.91 Å². The van der Waals surface area contributed by atoms with Gasteiger partial charge in [-0.05, 0) is 25.7 Å². The Hall–Kier alpha value is -0.610. The third-order valence-corrected chi connectivity index (χ3v) is 3.62. The van der Waals surface area contributed by atoms with Gasteiger partial charge in [0.2, 0.25) is 0 Å². The van der Waals surface area contributed by atoms with Gasteiger partial charge in [-0.25, -0.2) is 0 Å². The molecule has 0 aromatic heterocycles. The number of amides is 1. The zero-order chi connectivity index (χ0) is 10.9. The summed E-state index contributed by atoms with van der Waals surface area (Å²) in [5.74, 6) is 0.487. The van der Waals surface area contributed by atoms with E-state index in [1.165, 1.54) is 19.3 Å². The van der Waals surface area contributed by atoms with Crippen LogP contribution in [0.4, 0.5) is 0 Å². The molecule has 1 aliphatic heterocycles. The van der Waals surface area contributed by atoms with Gasteiger partial charge in [-0.3, -0.25) is 9.69 Å². The fourth-order valence-electron chi connectivity index (χ4n) is 2.30. The summed E-state index contributed by atoms with van der Waals surface area (Å²) < 4.78 is 5.47. The number of nitrogens with two attached hydrogens (primary N) is 1. The summed E-state index contributed by atoms with van der Waals surface area (Å²) in [6, 6.07) is 0. The summed E-state index contributed by atoms with van der Waals surface area (Å²) in [4.78, 5) is 13.6. The first kappa shape index (κ1) is 10.9. The summed E-state index contributed by atoms with van der Waals surface area (Å²) in [6.07, 6.45) is 4.04. The number of ether oxygens (including phenoxy) is 1. The van der Waals surface area contributed by atoms with Crippen molar-refractivity contribution < 1.29 is 9.53 Å².